The van der Waals surface area contributed by atoms with Crippen molar-refractivity contribution in [1.82, 2.24) is 9.80 Å². The number of likely N-dealkylation sites (tertiary alicyclic amines) is 1. The number of hydrogen-bond donors (Lipinski definition) is 2. The molecule has 2 atom stereocenters. The number of anilines is 1. The van der Waals surface area contributed by atoms with Gasteiger partial charge >= 0.3 is 0 Å². The maximum atomic E-state index is 12.9. The number of nitrogen functional groups attached to an aromatic ring is 1. The number of nitrogens with zero attached hydrogens (tertiary/aromatic N) is 2. The first-order valence-corrected chi connectivity index (χ1v) is 9.09. The van der Waals surface area contributed by atoms with Crippen LogP contribution in [0.5, 0.6) is 0 Å². The third kappa shape index (κ3) is 4.42. The Morgan fingerprint density at radius 1 is 1.23 bits per heavy atom. The highest BCUT2D eigenvalue weighted by Gasteiger charge is 2.28. The van der Waals surface area contributed by atoms with Crippen molar-refractivity contribution in [2.24, 2.45) is 0 Å². The molecule has 5 nitrogen and oxygen atoms in total. The van der Waals surface area contributed by atoms with Crippen molar-refractivity contribution >= 4 is 11.6 Å². The van der Waals surface area contributed by atoms with Gasteiger partial charge in [0.15, 0.2) is 0 Å². The number of β-amino-alcohol motifs (C(OH)–C–C–N with tert-alkyl or cyclic N) is 1. The van der Waals surface area contributed by atoms with E-state index in [9.17, 15) is 9.90 Å². The molecule has 0 unspecified atom stereocenters. The predicted molar refractivity (Wildman–Crippen MR) is 104 cm³/mol. The Labute approximate surface area is 155 Å². The van der Waals surface area contributed by atoms with Gasteiger partial charge in [0.2, 0.25) is 5.91 Å². The van der Waals surface area contributed by atoms with Crippen LogP contribution in [-0.2, 0) is 11.2 Å². The molecule has 1 heterocycles. The second-order valence-electron chi connectivity index (χ2n) is 7.01. The minimum Gasteiger partial charge on any atom is -0.398 e. The number of nitrogens with two attached hydrogens (primary N) is 1. The van der Waals surface area contributed by atoms with E-state index in [-0.39, 0.29) is 24.5 Å². The number of carbonyl (C=O) groups is 1. The molecule has 1 aliphatic rings. The monoisotopic (exact) mass is 353 g/mol. The lowest BCUT2D eigenvalue weighted by molar-refractivity contribution is -0.131. The van der Waals surface area contributed by atoms with Crippen LogP contribution >= 0.6 is 0 Å². The number of amides is 1. The zero-order valence-electron chi connectivity index (χ0n) is 15.2. The molecule has 1 fully saturated rings. The first kappa shape index (κ1) is 18.4. The lowest BCUT2D eigenvalue weighted by Crippen LogP contribution is -2.39. The summed E-state index contributed by atoms with van der Waals surface area (Å²) in [5.41, 5.74) is 8.60. The number of aliphatic hydroxyl groups excluding tert-OH is 1. The molecule has 3 rings (SSSR count). The fraction of sp³-hybridized carbons (Fsp3) is 0.381. The molecule has 0 bridgehead atoms. The average Bonchev–Trinajstić information content (AvgIpc) is 3.06. The Morgan fingerprint density at radius 3 is 2.58 bits per heavy atom. The van der Waals surface area contributed by atoms with Crippen molar-refractivity contribution < 1.29 is 9.90 Å². The predicted octanol–water partition coefficient (Wildman–Crippen LogP) is 2.08. The molecule has 26 heavy (non-hydrogen) atoms. The minimum atomic E-state index is -0.267. The molecule has 1 saturated heterocycles. The van der Waals surface area contributed by atoms with Crippen LogP contribution in [0, 0.1) is 0 Å². The molecule has 138 valence electrons. The summed E-state index contributed by atoms with van der Waals surface area (Å²) in [6, 6.07) is 17.5. The van der Waals surface area contributed by atoms with Gasteiger partial charge in [0.25, 0.3) is 0 Å². The fourth-order valence-corrected chi connectivity index (χ4v) is 3.51. The lowest BCUT2D eigenvalue weighted by atomic mass is 10.0. The molecule has 0 spiro atoms. The highest BCUT2D eigenvalue weighted by atomic mass is 16.3. The van der Waals surface area contributed by atoms with Gasteiger partial charge in [0.1, 0.15) is 0 Å². The normalized spacial score (nSPS) is 18.6. The van der Waals surface area contributed by atoms with Crippen molar-refractivity contribution in [1.29, 1.82) is 0 Å². The molecule has 0 aromatic heterocycles. The van der Waals surface area contributed by atoms with Gasteiger partial charge in [-0.3, -0.25) is 9.69 Å². The van der Waals surface area contributed by atoms with Crippen molar-refractivity contribution in [3.8, 4) is 0 Å². The zero-order chi connectivity index (χ0) is 18.5. The van der Waals surface area contributed by atoms with Crippen LogP contribution in [0.25, 0.3) is 0 Å². The summed E-state index contributed by atoms with van der Waals surface area (Å²) in [7, 11) is 1.85. The van der Waals surface area contributed by atoms with Crippen molar-refractivity contribution in [3.63, 3.8) is 0 Å². The van der Waals surface area contributed by atoms with Crippen LogP contribution in [0.1, 0.15) is 23.6 Å². The topological polar surface area (TPSA) is 69.8 Å². The lowest BCUT2D eigenvalue weighted by Gasteiger charge is -2.32. The molecule has 0 radical (unpaired) electrons. The largest absolute Gasteiger partial charge is 0.398 e. The van der Waals surface area contributed by atoms with Crippen LogP contribution in [0.15, 0.2) is 54.6 Å². The number of para-hydroxylation sites is 1. The Kier molecular flexibility index (Phi) is 5.91. The second kappa shape index (κ2) is 8.34. The average molecular weight is 353 g/mol. The summed E-state index contributed by atoms with van der Waals surface area (Å²) in [5.74, 6) is 0.0384. The number of aliphatic hydroxyl groups is 1. The highest BCUT2D eigenvalue weighted by Crippen LogP contribution is 2.24. The van der Waals surface area contributed by atoms with Crippen LogP contribution in [0.3, 0.4) is 0 Å². The van der Waals surface area contributed by atoms with Gasteiger partial charge in [0, 0.05) is 32.4 Å². The van der Waals surface area contributed by atoms with E-state index in [2.05, 4.69) is 17.0 Å². The SMILES string of the molecule is CN(C(=O)Cc1ccccc1N)[C@@H](CN1CC[C@H](O)C1)c1ccccc1. The minimum absolute atomic E-state index is 0.0384. The number of carbonyl (C=O) groups excluding carboxylic acids is 1. The molecule has 2 aromatic rings. The number of rotatable bonds is 6. The molecule has 0 saturated carbocycles. The van der Waals surface area contributed by atoms with Crippen molar-refractivity contribution in [3.05, 3.63) is 65.7 Å². The third-order valence-electron chi connectivity index (χ3n) is 5.12. The molecular weight excluding hydrogens is 326 g/mol. The van der Waals surface area contributed by atoms with Gasteiger partial charge in [0.05, 0.1) is 18.6 Å². The van der Waals surface area contributed by atoms with Gasteiger partial charge in [-0.05, 0) is 23.6 Å². The summed E-state index contributed by atoms with van der Waals surface area (Å²) in [4.78, 5) is 17.0. The summed E-state index contributed by atoms with van der Waals surface area (Å²) >= 11 is 0. The maximum absolute atomic E-state index is 12.9. The first-order valence-electron chi connectivity index (χ1n) is 9.09. The van der Waals surface area contributed by atoms with Crippen LogP contribution in [-0.4, -0.2) is 53.6 Å². The van der Waals surface area contributed by atoms with Crippen molar-refractivity contribution in [2.45, 2.75) is 25.0 Å². The Morgan fingerprint density at radius 2 is 1.92 bits per heavy atom. The highest BCUT2D eigenvalue weighted by molar-refractivity contribution is 5.80. The molecule has 1 aliphatic heterocycles. The molecule has 0 aliphatic carbocycles. The van der Waals surface area contributed by atoms with E-state index in [1.54, 1.807) is 0 Å². The van der Waals surface area contributed by atoms with Crippen LogP contribution in [0.2, 0.25) is 0 Å². The number of benzene rings is 2. The Hall–Kier alpha value is -2.37. The second-order valence-corrected chi connectivity index (χ2v) is 7.01. The Balaban J connectivity index is 1.76. The number of likely N-dealkylation sites (N-methyl/N-ethyl adjacent to an activating group) is 1. The van der Waals surface area contributed by atoms with E-state index in [0.29, 0.717) is 18.8 Å². The smallest absolute Gasteiger partial charge is 0.227 e. The van der Waals surface area contributed by atoms with Gasteiger partial charge < -0.3 is 15.7 Å². The van der Waals surface area contributed by atoms with E-state index in [1.807, 2.05) is 54.4 Å². The van der Waals surface area contributed by atoms with E-state index in [4.69, 9.17) is 5.73 Å². The summed E-state index contributed by atoms with van der Waals surface area (Å²) in [6.45, 7) is 2.24. The summed E-state index contributed by atoms with van der Waals surface area (Å²) < 4.78 is 0. The molecule has 2 aromatic carbocycles. The van der Waals surface area contributed by atoms with Crippen LogP contribution in [0.4, 0.5) is 5.69 Å². The fourth-order valence-electron chi connectivity index (χ4n) is 3.51. The summed E-state index contributed by atoms with van der Waals surface area (Å²) in [6.07, 6.45) is 0.811. The Bertz CT molecular complexity index is 735. The molecular formula is C21H27N3O2. The van der Waals surface area contributed by atoms with Crippen LogP contribution < -0.4 is 5.73 Å². The maximum Gasteiger partial charge on any atom is 0.227 e. The molecule has 3 N–H and O–H groups in total. The van der Waals surface area contributed by atoms with E-state index in [1.165, 1.54) is 0 Å². The van der Waals surface area contributed by atoms with Gasteiger partial charge in [-0.2, -0.15) is 0 Å². The molecule has 1 amide bonds. The number of hydrogen-bond acceptors (Lipinski definition) is 4. The van der Waals surface area contributed by atoms with Gasteiger partial charge in [-0.1, -0.05) is 48.5 Å². The zero-order valence-corrected chi connectivity index (χ0v) is 15.2. The van der Waals surface area contributed by atoms with Gasteiger partial charge in [-0.15, -0.1) is 0 Å². The van der Waals surface area contributed by atoms with E-state index >= 15 is 0 Å². The van der Waals surface area contributed by atoms with E-state index in [0.717, 1.165) is 24.1 Å². The third-order valence-corrected chi connectivity index (χ3v) is 5.12. The summed E-state index contributed by atoms with van der Waals surface area (Å²) in [5, 5.41) is 9.82. The standard InChI is InChI=1S/C21H27N3O2/c1-23(21(26)13-17-9-5-6-10-19(17)22)20(16-7-3-2-4-8-16)15-24-12-11-18(25)14-24/h2-10,18,20,25H,11-15,22H2,1H3/t18-,20-/m0/s1. The first-order chi connectivity index (χ1) is 12.5. The van der Waals surface area contributed by atoms with Crippen molar-refractivity contribution in [2.75, 3.05) is 32.4 Å². The van der Waals surface area contributed by atoms with Gasteiger partial charge in [-0.25, -0.2) is 0 Å². The molecule has 5 heteroatoms. The quantitative estimate of drug-likeness (QED) is 0.780. The van der Waals surface area contributed by atoms with E-state index < -0.39 is 0 Å².